The van der Waals surface area contributed by atoms with E-state index in [0.717, 1.165) is 6.42 Å². The predicted octanol–water partition coefficient (Wildman–Crippen LogP) is 0.294. The summed E-state index contributed by atoms with van der Waals surface area (Å²) in [4.78, 5) is 22.1. The summed E-state index contributed by atoms with van der Waals surface area (Å²) in [6.45, 7) is 3.24. The molecule has 5 nitrogen and oxygen atoms in total. The normalized spacial score (nSPS) is 13.4. The van der Waals surface area contributed by atoms with Gasteiger partial charge in [0.15, 0.2) is 0 Å². The van der Waals surface area contributed by atoms with Crippen LogP contribution in [0, 0.1) is 0 Å². The lowest BCUT2D eigenvalue weighted by Gasteiger charge is -2.13. The van der Waals surface area contributed by atoms with Crippen LogP contribution in [0.3, 0.4) is 0 Å². The first-order valence-electron chi connectivity index (χ1n) is 4.84. The minimum atomic E-state index is -1.14. The Hall–Kier alpha value is -1.36. The van der Waals surface area contributed by atoms with Crippen LogP contribution in [0.4, 0.5) is 0 Å². The zero-order chi connectivity index (χ0) is 11.8. The number of carboxylic acid groups (broad SMARTS) is 1. The van der Waals surface area contributed by atoms with Gasteiger partial charge in [-0.2, -0.15) is 0 Å². The molecule has 0 rings (SSSR count). The van der Waals surface area contributed by atoms with Gasteiger partial charge in [0, 0.05) is 18.6 Å². The molecule has 0 aliphatic carbocycles. The van der Waals surface area contributed by atoms with Crippen molar-refractivity contribution >= 4 is 11.9 Å². The van der Waals surface area contributed by atoms with Crippen molar-refractivity contribution in [3.05, 3.63) is 11.6 Å². The third-order valence-corrected chi connectivity index (χ3v) is 1.89. The number of hydrogen-bond donors (Lipinski definition) is 3. The second-order valence-electron chi connectivity index (χ2n) is 3.17. The molecule has 1 amide bonds. The molecule has 0 radical (unpaired) electrons. The smallest absolute Gasteiger partial charge is 0.326 e. The molecular formula is C10H17NO4. The third kappa shape index (κ3) is 5.17. The molecule has 1 atom stereocenters. The Balaban J connectivity index is 4.35. The van der Waals surface area contributed by atoms with Crippen molar-refractivity contribution < 1.29 is 19.8 Å². The Morgan fingerprint density at radius 1 is 1.47 bits per heavy atom. The van der Waals surface area contributed by atoms with Crippen LogP contribution >= 0.6 is 0 Å². The van der Waals surface area contributed by atoms with Crippen LogP contribution in [0.2, 0.25) is 0 Å². The van der Waals surface area contributed by atoms with E-state index in [0.29, 0.717) is 5.57 Å². The van der Waals surface area contributed by atoms with Crippen LogP contribution in [0.15, 0.2) is 11.6 Å². The van der Waals surface area contributed by atoms with Gasteiger partial charge in [-0.3, -0.25) is 4.79 Å². The van der Waals surface area contributed by atoms with Crippen molar-refractivity contribution in [2.24, 2.45) is 0 Å². The van der Waals surface area contributed by atoms with E-state index < -0.39 is 17.9 Å². The first-order chi connectivity index (χ1) is 7.02. The maximum Gasteiger partial charge on any atom is 0.326 e. The second kappa shape index (κ2) is 7.00. The van der Waals surface area contributed by atoms with Crippen molar-refractivity contribution in [3.63, 3.8) is 0 Å². The number of allylic oxidation sites excluding steroid dienone is 1. The number of carboxylic acids is 1. The summed E-state index contributed by atoms with van der Waals surface area (Å²) in [6.07, 6.45) is 2.45. The van der Waals surface area contributed by atoms with Crippen LogP contribution in [0.5, 0.6) is 0 Å². The van der Waals surface area contributed by atoms with Crippen molar-refractivity contribution in [1.82, 2.24) is 5.32 Å². The van der Waals surface area contributed by atoms with Crippen LogP contribution < -0.4 is 5.32 Å². The zero-order valence-corrected chi connectivity index (χ0v) is 8.99. The molecule has 3 N–H and O–H groups in total. The van der Waals surface area contributed by atoms with Gasteiger partial charge in [-0.05, 0) is 13.3 Å². The van der Waals surface area contributed by atoms with E-state index in [9.17, 15) is 9.59 Å². The number of nitrogens with one attached hydrogen (secondary N) is 1. The lowest BCUT2D eigenvalue weighted by Crippen LogP contribution is -2.41. The van der Waals surface area contributed by atoms with Crippen LogP contribution in [-0.2, 0) is 9.59 Å². The van der Waals surface area contributed by atoms with E-state index in [2.05, 4.69) is 5.32 Å². The minimum Gasteiger partial charge on any atom is -0.480 e. The number of aliphatic carboxylic acids is 1. The summed E-state index contributed by atoms with van der Waals surface area (Å²) in [5.41, 5.74) is 0.488. The van der Waals surface area contributed by atoms with Gasteiger partial charge in [-0.15, -0.1) is 0 Å². The SMILES string of the molecule is CCC=C(C)C(=O)NC(CCO)C(=O)O. The van der Waals surface area contributed by atoms with Gasteiger partial charge in [0.1, 0.15) is 6.04 Å². The number of aliphatic hydroxyl groups is 1. The monoisotopic (exact) mass is 215 g/mol. The summed E-state index contributed by atoms with van der Waals surface area (Å²) in [5, 5.41) is 19.7. The van der Waals surface area contributed by atoms with Crippen molar-refractivity contribution in [2.75, 3.05) is 6.61 Å². The van der Waals surface area contributed by atoms with E-state index >= 15 is 0 Å². The molecule has 0 aromatic heterocycles. The summed E-state index contributed by atoms with van der Waals surface area (Å²) < 4.78 is 0. The molecule has 5 heteroatoms. The summed E-state index contributed by atoms with van der Waals surface area (Å²) in [7, 11) is 0. The molecule has 0 aromatic carbocycles. The van der Waals surface area contributed by atoms with Gasteiger partial charge in [-0.1, -0.05) is 13.0 Å². The fourth-order valence-electron chi connectivity index (χ4n) is 1.06. The molecule has 15 heavy (non-hydrogen) atoms. The van der Waals surface area contributed by atoms with E-state index in [1.165, 1.54) is 0 Å². The second-order valence-corrected chi connectivity index (χ2v) is 3.17. The molecule has 0 aromatic rings. The molecule has 86 valence electrons. The van der Waals surface area contributed by atoms with Gasteiger partial charge < -0.3 is 15.5 Å². The average molecular weight is 215 g/mol. The number of aliphatic hydroxyl groups excluding tert-OH is 1. The van der Waals surface area contributed by atoms with Gasteiger partial charge in [0.2, 0.25) is 5.91 Å². The van der Waals surface area contributed by atoms with Crippen LogP contribution in [-0.4, -0.2) is 34.7 Å². The standard InChI is InChI=1S/C10H17NO4/c1-3-4-7(2)9(13)11-8(5-6-12)10(14)15/h4,8,12H,3,5-6H2,1-2H3,(H,11,13)(H,14,15). The topological polar surface area (TPSA) is 86.6 Å². The molecule has 0 saturated heterocycles. The minimum absolute atomic E-state index is 0.0144. The van der Waals surface area contributed by atoms with Crippen LogP contribution in [0.25, 0.3) is 0 Å². The van der Waals surface area contributed by atoms with Gasteiger partial charge >= 0.3 is 5.97 Å². The largest absolute Gasteiger partial charge is 0.480 e. The summed E-state index contributed by atoms with van der Waals surface area (Å²) in [5.74, 6) is -1.54. The Labute approximate surface area is 88.8 Å². The van der Waals surface area contributed by atoms with Crippen LogP contribution in [0.1, 0.15) is 26.7 Å². The van der Waals surface area contributed by atoms with Gasteiger partial charge in [-0.25, -0.2) is 4.79 Å². The fraction of sp³-hybridized carbons (Fsp3) is 0.600. The highest BCUT2D eigenvalue weighted by Crippen LogP contribution is 1.98. The average Bonchev–Trinajstić information content (AvgIpc) is 2.17. The van der Waals surface area contributed by atoms with Gasteiger partial charge in [0.05, 0.1) is 0 Å². The molecule has 0 aliphatic heterocycles. The van der Waals surface area contributed by atoms with E-state index in [4.69, 9.17) is 10.2 Å². The van der Waals surface area contributed by atoms with Crippen molar-refractivity contribution in [3.8, 4) is 0 Å². The molecule has 1 unspecified atom stereocenters. The molecule has 0 aliphatic rings. The highest BCUT2D eigenvalue weighted by molar-refractivity contribution is 5.95. The molecule has 0 saturated carbocycles. The summed E-state index contributed by atoms with van der Waals surface area (Å²) in [6, 6.07) is -1.03. The maximum atomic E-state index is 11.4. The lowest BCUT2D eigenvalue weighted by atomic mass is 10.2. The zero-order valence-electron chi connectivity index (χ0n) is 8.99. The number of rotatable bonds is 6. The molecule has 0 heterocycles. The molecule has 0 fully saturated rings. The van der Waals surface area contributed by atoms with E-state index in [-0.39, 0.29) is 13.0 Å². The highest BCUT2D eigenvalue weighted by Gasteiger charge is 2.19. The summed E-state index contributed by atoms with van der Waals surface area (Å²) >= 11 is 0. The Bertz CT molecular complexity index is 260. The lowest BCUT2D eigenvalue weighted by molar-refractivity contribution is -0.141. The fourth-order valence-corrected chi connectivity index (χ4v) is 1.06. The number of carbonyl (C=O) groups is 2. The number of carbonyl (C=O) groups excluding carboxylic acids is 1. The maximum absolute atomic E-state index is 11.4. The van der Waals surface area contributed by atoms with E-state index in [1.54, 1.807) is 13.0 Å². The Morgan fingerprint density at radius 3 is 2.47 bits per heavy atom. The third-order valence-electron chi connectivity index (χ3n) is 1.89. The number of hydrogen-bond acceptors (Lipinski definition) is 3. The van der Waals surface area contributed by atoms with Crippen molar-refractivity contribution in [1.29, 1.82) is 0 Å². The molecular weight excluding hydrogens is 198 g/mol. The Morgan fingerprint density at radius 2 is 2.07 bits per heavy atom. The quantitative estimate of drug-likeness (QED) is 0.556. The van der Waals surface area contributed by atoms with Crippen molar-refractivity contribution in [2.45, 2.75) is 32.7 Å². The highest BCUT2D eigenvalue weighted by atomic mass is 16.4. The van der Waals surface area contributed by atoms with Gasteiger partial charge in [0.25, 0.3) is 0 Å². The molecule has 0 spiro atoms. The number of amides is 1. The first-order valence-corrected chi connectivity index (χ1v) is 4.84. The Kier molecular flexibility index (Phi) is 6.37. The van der Waals surface area contributed by atoms with E-state index in [1.807, 2.05) is 6.92 Å². The first kappa shape index (κ1) is 13.6. The molecule has 0 bridgehead atoms. The predicted molar refractivity (Wildman–Crippen MR) is 55.3 cm³/mol.